The maximum atomic E-state index is 11.6. The lowest BCUT2D eigenvalue weighted by Gasteiger charge is -2.12. The predicted molar refractivity (Wildman–Crippen MR) is 81.9 cm³/mol. The lowest BCUT2D eigenvalue weighted by atomic mass is 10.0. The van der Waals surface area contributed by atoms with Crippen LogP contribution in [-0.2, 0) is 4.74 Å². The average molecular weight is 273 g/mol. The molecule has 3 nitrogen and oxygen atoms in total. The second kappa shape index (κ2) is 4.77. The molecule has 0 unspecified atom stereocenters. The van der Waals surface area contributed by atoms with Crippen LogP contribution in [0.25, 0.3) is 5.57 Å². The number of methoxy groups -OCH3 is 1. The van der Waals surface area contributed by atoms with Crippen molar-refractivity contribution in [2.45, 2.75) is 26.6 Å². The molecule has 0 amide bonds. The largest absolute Gasteiger partial charge is 0.465 e. The molecule has 1 aliphatic heterocycles. The predicted octanol–water partition coefficient (Wildman–Crippen LogP) is 3.84. The molecule has 0 bridgehead atoms. The molecule has 1 aromatic rings. The van der Waals surface area contributed by atoms with Gasteiger partial charge in [-0.25, -0.2) is 4.79 Å². The average Bonchev–Trinajstić information content (AvgIpc) is 2.62. The number of esters is 1. The number of fused-ring (bicyclic) bond motifs is 1. The Bertz CT molecular complexity index is 595. The third-order valence-corrected chi connectivity index (χ3v) is 4.12. The fraction of sp³-hybridized carbons (Fsp3) is 0.333. The third kappa shape index (κ3) is 2.84. The van der Waals surface area contributed by atoms with Gasteiger partial charge in [0, 0.05) is 11.3 Å². The molecule has 0 radical (unpaired) electrons. The summed E-state index contributed by atoms with van der Waals surface area (Å²) >= 11 is 0. The van der Waals surface area contributed by atoms with Crippen molar-refractivity contribution in [3.8, 4) is 0 Å². The van der Waals surface area contributed by atoms with Crippen LogP contribution in [0.4, 0.5) is 5.69 Å². The Morgan fingerprint density at radius 1 is 1.32 bits per heavy atom. The van der Waals surface area contributed by atoms with Gasteiger partial charge in [-0.1, -0.05) is 25.3 Å². The highest BCUT2D eigenvalue weighted by atomic mass is 28.3. The summed E-state index contributed by atoms with van der Waals surface area (Å²) in [6, 6.07) is 5.53. The van der Waals surface area contributed by atoms with Gasteiger partial charge in [-0.05, 0) is 30.7 Å². The molecule has 1 heterocycles. The summed E-state index contributed by atoms with van der Waals surface area (Å²) in [6.07, 6.45) is 0. The first-order valence-corrected chi connectivity index (χ1v) is 9.91. The molecule has 100 valence electrons. The van der Waals surface area contributed by atoms with Crippen LogP contribution in [0, 0.1) is 0 Å². The Morgan fingerprint density at radius 3 is 2.58 bits per heavy atom. The zero-order chi connectivity index (χ0) is 14.2. The molecule has 0 aromatic heterocycles. The molecule has 0 saturated carbocycles. The van der Waals surface area contributed by atoms with Crippen LogP contribution in [0.3, 0.4) is 0 Å². The second-order valence-electron chi connectivity index (χ2n) is 5.84. The maximum Gasteiger partial charge on any atom is 0.337 e. The first-order chi connectivity index (χ1) is 8.81. The number of aliphatic imine (C=N–C) groups is 1. The normalized spacial score (nSPS) is 16.3. The first kappa shape index (κ1) is 13.7. The SMILES string of the molecule is COC(=O)c1ccc2c(c1)/C(=C/[Si](C)(C)C)C(C)=N2. The highest BCUT2D eigenvalue weighted by Crippen LogP contribution is 2.36. The van der Waals surface area contributed by atoms with E-state index in [0.717, 1.165) is 17.0 Å². The number of carbonyl (C=O) groups excluding carboxylic acids is 1. The molecule has 4 heteroatoms. The first-order valence-electron chi connectivity index (χ1n) is 6.33. The fourth-order valence-corrected chi connectivity index (χ4v) is 3.38. The summed E-state index contributed by atoms with van der Waals surface area (Å²) in [5.74, 6) is -0.306. The highest BCUT2D eigenvalue weighted by Gasteiger charge is 2.22. The van der Waals surface area contributed by atoms with E-state index >= 15 is 0 Å². The number of carbonyl (C=O) groups is 1. The van der Waals surface area contributed by atoms with Crippen molar-refractivity contribution in [1.29, 1.82) is 0 Å². The summed E-state index contributed by atoms with van der Waals surface area (Å²) in [6.45, 7) is 8.88. The molecule has 0 saturated heterocycles. The molecule has 19 heavy (non-hydrogen) atoms. The summed E-state index contributed by atoms with van der Waals surface area (Å²) < 4.78 is 4.77. The number of hydrogen-bond donors (Lipinski definition) is 0. The van der Waals surface area contributed by atoms with Crippen molar-refractivity contribution < 1.29 is 9.53 Å². The van der Waals surface area contributed by atoms with Crippen LogP contribution in [-0.4, -0.2) is 26.9 Å². The van der Waals surface area contributed by atoms with Gasteiger partial charge in [0.05, 0.1) is 26.4 Å². The molecule has 1 aliphatic rings. The molecule has 2 rings (SSSR count). The molecule has 0 aliphatic carbocycles. The minimum absolute atomic E-state index is 0.306. The van der Waals surface area contributed by atoms with E-state index in [1.54, 1.807) is 6.07 Å². The van der Waals surface area contributed by atoms with Crippen molar-refractivity contribution >= 4 is 31.0 Å². The molecular weight excluding hydrogens is 254 g/mol. The maximum absolute atomic E-state index is 11.6. The van der Waals surface area contributed by atoms with Gasteiger partial charge in [0.2, 0.25) is 0 Å². The van der Waals surface area contributed by atoms with E-state index in [1.807, 2.05) is 19.1 Å². The van der Waals surface area contributed by atoms with Crippen molar-refractivity contribution in [2.24, 2.45) is 4.99 Å². The Balaban J connectivity index is 2.53. The Labute approximate surface area is 115 Å². The molecule has 1 aromatic carbocycles. The molecule has 0 atom stereocenters. The minimum atomic E-state index is -1.34. The van der Waals surface area contributed by atoms with Crippen molar-refractivity contribution in [1.82, 2.24) is 0 Å². The topological polar surface area (TPSA) is 38.7 Å². The quantitative estimate of drug-likeness (QED) is 0.606. The Kier molecular flexibility index (Phi) is 3.45. The second-order valence-corrected chi connectivity index (χ2v) is 10.9. The van der Waals surface area contributed by atoms with Crippen molar-refractivity contribution in [3.63, 3.8) is 0 Å². The van der Waals surface area contributed by atoms with Crippen LogP contribution in [0.2, 0.25) is 19.6 Å². The molecule has 0 N–H and O–H groups in total. The summed E-state index contributed by atoms with van der Waals surface area (Å²) in [4.78, 5) is 16.2. The van der Waals surface area contributed by atoms with E-state index in [2.05, 4.69) is 30.3 Å². The highest BCUT2D eigenvalue weighted by molar-refractivity contribution is 6.82. The van der Waals surface area contributed by atoms with Gasteiger partial charge in [-0.3, -0.25) is 4.99 Å². The number of hydrogen-bond acceptors (Lipinski definition) is 3. The number of ether oxygens (including phenoxy) is 1. The minimum Gasteiger partial charge on any atom is -0.465 e. The molecule has 0 spiro atoms. The van der Waals surface area contributed by atoms with Crippen LogP contribution >= 0.6 is 0 Å². The summed E-state index contributed by atoms with van der Waals surface area (Å²) in [5, 5.41) is 0. The van der Waals surface area contributed by atoms with E-state index in [0.29, 0.717) is 5.56 Å². The van der Waals surface area contributed by atoms with E-state index in [9.17, 15) is 4.79 Å². The Hall–Kier alpha value is -1.68. The number of benzene rings is 1. The van der Waals surface area contributed by atoms with E-state index in [4.69, 9.17) is 4.74 Å². The van der Waals surface area contributed by atoms with Gasteiger partial charge in [0.25, 0.3) is 0 Å². The van der Waals surface area contributed by atoms with Crippen molar-refractivity contribution in [3.05, 3.63) is 35.0 Å². The molecule has 0 fully saturated rings. The summed E-state index contributed by atoms with van der Waals surface area (Å²) in [7, 11) is 0.0545. The van der Waals surface area contributed by atoms with E-state index in [-0.39, 0.29) is 5.97 Å². The zero-order valence-corrected chi connectivity index (χ0v) is 13.1. The van der Waals surface area contributed by atoms with Gasteiger partial charge in [-0.2, -0.15) is 0 Å². The standard InChI is InChI=1S/C15H19NO2Si/c1-10-13(9-19(3,4)5)12-8-11(15(17)18-2)6-7-14(12)16-10/h6-9H,1-5H3/b13-9+. The van der Waals surface area contributed by atoms with Gasteiger partial charge >= 0.3 is 5.97 Å². The zero-order valence-electron chi connectivity index (χ0n) is 12.1. The van der Waals surface area contributed by atoms with Gasteiger partial charge in [0.1, 0.15) is 0 Å². The van der Waals surface area contributed by atoms with Crippen LogP contribution in [0.1, 0.15) is 22.8 Å². The van der Waals surface area contributed by atoms with E-state index < -0.39 is 8.07 Å². The lowest BCUT2D eigenvalue weighted by Crippen LogP contribution is -2.17. The van der Waals surface area contributed by atoms with Crippen LogP contribution in [0.15, 0.2) is 28.9 Å². The lowest BCUT2D eigenvalue weighted by molar-refractivity contribution is 0.0600. The number of rotatable bonds is 2. The van der Waals surface area contributed by atoms with Gasteiger partial charge < -0.3 is 4.74 Å². The van der Waals surface area contributed by atoms with Crippen LogP contribution in [0.5, 0.6) is 0 Å². The third-order valence-electron chi connectivity index (χ3n) is 2.96. The number of nitrogens with zero attached hydrogens (tertiary/aromatic N) is 1. The van der Waals surface area contributed by atoms with Gasteiger partial charge in [0.15, 0.2) is 0 Å². The number of allylic oxidation sites excluding steroid dienone is 1. The fourth-order valence-electron chi connectivity index (χ4n) is 2.15. The monoisotopic (exact) mass is 273 g/mol. The van der Waals surface area contributed by atoms with E-state index in [1.165, 1.54) is 12.7 Å². The van der Waals surface area contributed by atoms with Crippen LogP contribution < -0.4 is 0 Å². The van der Waals surface area contributed by atoms with Gasteiger partial charge in [-0.15, -0.1) is 0 Å². The summed E-state index contributed by atoms with van der Waals surface area (Å²) in [5.41, 5.74) is 7.09. The Morgan fingerprint density at radius 2 is 2.00 bits per heavy atom. The smallest absolute Gasteiger partial charge is 0.337 e. The van der Waals surface area contributed by atoms with Crippen molar-refractivity contribution in [2.75, 3.05) is 7.11 Å². The molecular formula is C15H19NO2Si.